The predicted molar refractivity (Wildman–Crippen MR) is 105 cm³/mol. The number of aliphatic imine (C=N–C) groups is 1. The molecule has 7 heteroatoms. The average molecular weight is 437 g/mol. The third kappa shape index (κ3) is 6.82. The van der Waals surface area contributed by atoms with Crippen LogP contribution in [0.2, 0.25) is 0 Å². The summed E-state index contributed by atoms with van der Waals surface area (Å²) in [4.78, 5) is 20.3. The number of hydrogen-bond acceptors (Lipinski definition) is 3. The van der Waals surface area contributed by atoms with Crippen molar-refractivity contribution < 1.29 is 4.79 Å². The Kier molecular flexibility index (Phi) is 9.85. The Balaban J connectivity index is 0.00000264. The number of carbonyl (C=O) groups is 1. The molecule has 0 aliphatic carbocycles. The second kappa shape index (κ2) is 11.1. The summed E-state index contributed by atoms with van der Waals surface area (Å²) < 4.78 is 0. The van der Waals surface area contributed by atoms with Gasteiger partial charge in [0.15, 0.2) is 5.96 Å². The summed E-state index contributed by atoms with van der Waals surface area (Å²) in [5, 5.41) is 3.47. The van der Waals surface area contributed by atoms with Crippen LogP contribution < -0.4 is 11.1 Å². The number of rotatable bonds is 6. The van der Waals surface area contributed by atoms with Gasteiger partial charge in [-0.2, -0.15) is 0 Å². The van der Waals surface area contributed by atoms with Crippen LogP contribution in [0.3, 0.4) is 0 Å². The highest BCUT2D eigenvalue weighted by molar-refractivity contribution is 14.0. The van der Waals surface area contributed by atoms with E-state index < -0.39 is 0 Å². The number of nitrogens with zero attached hydrogens (tertiary/aromatic N) is 3. The summed E-state index contributed by atoms with van der Waals surface area (Å²) in [5.74, 6) is 1.03. The molecular weight excluding hydrogens is 405 g/mol. The lowest BCUT2D eigenvalue weighted by Crippen LogP contribution is -2.40. The van der Waals surface area contributed by atoms with E-state index in [1.165, 1.54) is 19.3 Å². The molecule has 0 aromatic carbocycles. The Morgan fingerprint density at radius 1 is 1.17 bits per heavy atom. The third-order valence-electron chi connectivity index (χ3n) is 4.79. The number of nitrogens with two attached hydrogens (primary N) is 1. The van der Waals surface area contributed by atoms with Crippen molar-refractivity contribution in [1.82, 2.24) is 15.1 Å². The van der Waals surface area contributed by atoms with E-state index in [1.807, 2.05) is 7.05 Å². The molecule has 2 aliphatic heterocycles. The SMILES string of the molecule is CN=C(NCCCCN1CCC(C(N)=O)CC1)N1CCCC1.I. The highest BCUT2D eigenvalue weighted by Gasteiger charge is 2.22. The number of nitrogens with one attached hydrogen (secondary N) is 1. The Hall–Kier alpha value is -0.570. The minimum absolute atomic E-state index is 0. The molecule has 0 unspecified atom stereocenters. The van der Waals surface area contributed by atoms with Crippen molar-refractivity contribution in [2.75, 3.05) is 46.3 Å². The number of hydrogen-bond donors (Lipinski definition) is 2. The van der Waals surface area contributed by atoms with Crippen molar-refractivity contribution in [2.24, 2.45) is 16.6 Å². The first-order valence-corrected chi connectivity index (χ1v) is 8.68. The fraction of sp³-hybridized carbons (Fsp3) is 0.875. The van der Waals surface area contributed by atoms with E-state index in [-0.39, 0.29) is 35.8 Å². The van der Waals surface area contributed by atoms with Gasteiger partial charge < -0.3 is 20.9 Å². The van der Waals surface area contributed by atoms with E-state index in [9.17, 15) is 4.79 Å². The first-order valence-electron chi connectivity index (χ1n) is 8.68. The smallest absolute Gasteiger partial charge is 0.220 e. The van der Waals surface area contributed by atoms with Gasteiger partial charge in [-0.25, -0.2) is 0 Å². The second-order valence-electron chi connectivity index (χ2n) is 6.39. The van der Waals surface area contributed by atoms with Crippen LogP contribution in [-0.2, 0) is 4.79 Å². The van der Waals surface area contributed by atoms with Crippen LogP contribution in [0.15, 0.2) is 4.99 Å². The second-order valence-corrected chi connectivity index (χ2v) is 6.39. The summed E-state index contributed by atoms with van der Waals surface area (Å²) in [6.07, 6.45) is 6.75. The van der Waals surface area contributed by atoms with Crippen LogP contribution in [0, 0.1) is 5.92 Å². The molecule has 0 bridgehead atoms. The number of piperidine rings is 1. The number of unbranched alkanes of at least 4 members (excludes halogenated alkanes) is 1. The van der Waals surface area contributed by atoms with Crippen molar-refractivity contribution in [3.63, 3.8) is 0 Å². The summed E-state index contributed by atoms with van der Waals surface area (Å²) in [6.45, 7) is 6.40. The molecule has 2 rings (SSSR count). The zero-order chi connectivity index (χ0) is 15.8. The lowest BCUT2D eigenvalue weighted by Gasteiger charge is -2.30. The predicted octanol–water partition coefficient (Wildman–Crippen LogP) is 1.25. The van der Waals surface area contributed by atoms with Gasteiger partial charge in [0.05, 0.1) is 0 Å². The first-order chi connectivity index (χ1) is 10.7. The number of amides is 1. The van der Waals surface area contributed by atoms with Crippen LogP contribution in [-0.4, -0.2) is 68.0 Å². The maximum absolute atomic E-state index is 11.1. The van der Waals surface area contributed by atoms with Crippen molar-refractivity contribution in [3.05, 3.63) is 0 Å². The molecule has 0 saturated carbocycles. The van der Waals surface area contributed by atoms with Gasteiger partial charge in [0, 0.05) is 32.6 Å². The molecule has 0 radical (unpaired) electrons. The van der Waals surface area contributed by atoms with E-state index in [0.717, 1.165) is 64.5 Å². The summed E-state index contributed by atoms with van der Waals surface area (Å²) in [5.41, 5.74) is 5.36. The molecule has 2 heterocycles. The molecule has 0 aromatic rings. The Morgan fingerprint density at radius 3 is 2.39 bits per heavy atom. The van der Waals surface area contributed by atoms with E-state index >= 15 is 0 Å². The lowest BCUT2D eigenvalue weighted by atomic mass is 9.96. The number of primary amides is 1. The van der Waals surface area contributed by atoms with Crippen LogP contribution in [0.4, 0.5) is 0 Å². The van der Waals surface area contributed by atoms with Gasteiger partial charge in [-0.15, -0.1) is 24.0 Å². The first kappa shape index (κ1) is 20.5. The molecule has 23 heavy (non-hydrogen) atoms. The molecular formula is C16H32IN5O. The third-order valence-corrected chi connectivity index (χ3v) is 4.79. The van der Waals surface area contributed by atoms with Gasteiger partial charge in [-0.3, -0.25) is 9.79 Å². The van der Waals surface area contributed by atoms with Gasteiger partial charge in [0.1, 0.15) is 0 Å². The number of halogens is 1. The number of likely N-dealkylation sites (tertiary alicyclic amines) is 2. The maximum Gasteiger partial charge on any atom is 0.220 e. The quantitative estimate of drug-likeness (QED) is 0.284. The number of guanidine groups is 1. The van der Waals surface area contributed by atoms with Crippen LogP contribution in [0.25, 0.3) is 0 Å². The van der Waals surface area contributed by atoms with Crippen molar-refractivity contribution in [1.29, 1.82) is 0 Å². The van der Waals surface area contributed by atoms with E-state index in [2.05, 4.69) is 20.1 Å². The maximum atomic E-state index is 11.1. The highest BCUT2D eigenvalue weighted by Crippen LogP contribution is 2.16. The lowest BCUT2D eigenvalue weighted by molar-refractivity contribution is -0.123. The van der Waals surface area contributed by atoms with Crippen molar-refractivity contribution in [3.8, 4) is 0 Å². The summed E-state index contributed by atoms with van der Waals surface area (Å²) in [7, 11) is 1.86. The Labute approximate surface area is 157 Å². The van der Waals surface area contributed by atoms with E-state index in [1.54, 1.807) is 0 Å². The molecule has 1 amide bonds. The molecule has 0 atom stereocenters. The minimum Gasteiger partial charge on any atom is -0.369 e. The fourth-order valence-electron chi connectivity index (χ4n) is 3.36. The normalized spacial score (nSPS) is 20.4. The molecule has 3 N–H and O–H groups in total. The van der Waals surface area contributed by atoms with E-state index in [4.69, 9.17) is 5.73 Å². The van der Waals surface area contributed by atoms with Crippen LogP contribution in [0.1, 0.15) is 38.5 Å². The monoisotopic (exact) mass is 437 g/mol. The highest BCUT2D eigenvalue weighted by atomic mass is 127. The number of carbonyl (C=O) groups excluding carboxylic acids is 1. The zero-order valence-corrected chi connectivity index (χ0v) is 16.6. The van der Waals surface area contributed by atoms with E-state index in [0.29, 0.717) is 0 Å². The topological polar surface area (TPSA) is 74.0 Å². The molecule has 0 aromatic heterocycles. The van der Waals surface area contributed by atoms with Gasteiger partial charge in [-0.1, -0.05) is 0 Å². The molecule has 2 saturated heterocycles. The minimum atomic E-state index is -0.128. The summed E-state index contributed by atoms with van der Waals surface area (Å²) >= 11 is 0. The molecule has 134 valence electrons. The van der Waals surface area contributed by atoms with Gasteiger partial charge >= 0.3 is 0 Å². The van der Waals surface area contributed by atoms with Crippen LogP contribution >= 0.6 is 24.0 Å². The van der Waals surface area contributed by atoms with Crippen molar-refractivity contribution >= 4 is 35.8 Å². The fourth-order valence-corrected chi connectivity index (χ4v) is 3.36. The zero-order valence-electron chi connectivity index (χ0n) is 14.3. The Bertz CT molecular complexity index is 377. The van der Waals surface area contributed by atoms with Crippen molar-refractivity contribution in [2.45, 2.75) is 38.5 Å². The standard InChI is InChI=1S/C16H31N5O.HI/c1-18-16(21-10-4-5-11-21)19-8-2-3-9-20-12-6-14(7-13-20)15(17)22;/h14H,2-13H2,1H3,(H2,17,22)(H,18,19);1H. The largest absolute Gasteiger partial charge is 0.369 e. The van der Waals surface area contributed by atoms with Crippen LogP contribution in [0.5, 0.6) is 0 Å². The molecule has 0 spiro atoms. The Morgan fingerprint density at radius 2 is 1.83 bits per heavy atom. The molecule has 6 nitrogen and oxygen atoms in total. The summed E-state index contributed by atoms with van der Waals surface area (Å²) in [6, 6.07) is 0. The van der Waals surface area contributed by atoms with Gasteiger partial charge in [0.2, 0.25) is 5.91 Å². The molecule has 2 fully saturated rings. The molecule has 2 aliphatic rings. The average Bonchev–Trinajstić information content (AvgIpc) is 3.05. The van der Waals surface area contributed by atoms with Gasteiger partial charge in [0.25, 0.3) is 0 Å². The van der Waals surface area contributed by atoms with Gasteiger partial charge in [-0.05, 0) is 58.2 Å².